The van der Waals surface area contributed by atoms with Crippen molar-refractivity contribution in [1.82, 2.24) is 4.90 Å². The molecule has 2 amide bonds. The summed E-state index contributed by atoms with van der Waals surface area (Å²) in [5.74, 6) is -0.389. The number of nitrogens with one attached hydrogen (secondary N) is 1. The van der Waals surface area contributed by atoms with E-state index in [0.717, 1.165) is 12.0 Å². The molecule has 0 aliphatic carbocycles. The zero-order valence-electron chi connectivity index (χ0n) is 17.0. The molecule has 0 bridgehead atoms. The van der Waals surface area contributed by atoms with Gasteiger partial charge in [0, 0.05) is 12.2 Å². The number of amides is 2. The maximum Gasteiger partial charge on any atom is 0.256 e. The molecule has 1 saturated heterocycles. The molecule has 3 aromatic carbocycles. The first-order valence-electron chi connectivity index (χ1n) is 10.2. The first-order valence-corrected chi connectivity index (χ1v) is 10.6. The lowest BCUT2D eigenvalue weighted by Crippen LogP contribution is -2.39. The average Bonchev–Trinajstić information content (AvgIpc) is 3.03. The van der Waals surface area contributed by atoms with Crippen LogP contribution >= 0.6 is 12.2 Å². The van der Waals surface area contributed by atoms with E-state index in [4.69, 9.17) is 12.2 Å². The van der Waals surface area contributed by atoms with Crippen LogP contribution in [0, 0.1) is 0 Å². The Hall–Kier alpha value is -3.51. The van der Waals surface area contributed by atoms with Gasteiger partial charge < -0.3 is 10.2 Å². The van der Waals surface area contributed by atoms with Crippen molar-refractivity contribution in [2.45, 2.75) is 18.9 Å². The molecule has 4 rings (SSSR count). The third-order valence-corrected chi connectivity index (χ3v) is 5.67. The maximum atomic E-state index is 13.3. The standard InChI is InChI=1S/C25H23N3O2S/c29-23(26-20-12-6-2-7-13-20)18-22-24(30)28(21-14-8-3-9-15-21)25(31)27(22)17-16-19-10-4-1-5-11-19/h1-15,22H,16-18H2,(H,26,29)/t22-/m1/s1. The molecule has 0 unspecified atom stereocenters. The van der Waals surface area contributed by atoms with Crippen molar-refractivity contribution in [2.24, 2.45) is 0 Å². The summed E-state index contributed by atoms with van der Waals surface area (Å²) in [7, 11) is 0. The van der Waals surface area contributed by atoms with Crippen LogP contribution in [0.2, 0.25) is 0 Å². The van der Waals surface area contributed by atoms with Gasteiger partial charge in [-0.1, -0.05) is 66.7 Å². The monoisotopic (exact) mass is 429 g/mol. The Kier molecular flexibility index (Phi) is 6.38. The van der Waals surface area contributed by atoms with Gasteiger partial charge >= 0.3 is 0 Å². The molecule has 0 spiro atoms. The summed E-state index contributed by atoms with van der Waals surface area (Å²) < 4.78 is 0. The van der Waals surface area contributed by atoms with Crippen molar-refractivity contribution in [3.8, 4) is 0 Å². The largest absolute Gasteiger partial charge is 0.336 e. The van der Waals surface area contributed by atoms with Crippen LogP contribution in [0.15, 0.2) is 91.0 Å². The number of nitrogens with zero attached hydrogens (tertiary/aromatic N) is 2. The van der Waals surface area contributed by atoms with Crippen LogP contribution in [0.1, 0.15) is 12.0 Å². The lowest BCUT2D eigenvalue weighted by Gasteiger charge is -2.24. The molecule has 0 radical (unpaired) electrons. The molecular formula is C25H23N3O2S. The fourth-order valence-corrected chi connectivity index (χ4v) is 4.12. The minimum atomic E-state index is -0.639. The Labute approximate surface area is 187 Å². The molecule has 1 fully saturated rings. The number of benzene rings is 3. The summed E-state index contributed by atoms with van der Waals surface area (Å²) in [5.41, 5.74) is 2.58. The molecule has 31 heavy (non-hydrogen) atoms. The number of hydrogen-bond donors (Lipinski definition) is 1. The zero-order valence-corrected chi connectivity index (χ0v) is 17.8. The number of rotatable bonds is 7. The van der Waals surface area contributed by atoms with Crippen molar-refractivity contribution in [3.63, 3.8) is 0 Å². The first-order chi connectivity index (χ1) is 15.1. The van der Waals surface area contributed by atoms with Gasteiger partial charge in [0.25, 0.3) is 5.91 Å². The normalized spacial score (nSPS) is 15.9. The summed E-state index contributed by atoms with van der Waals surface area (Å²) in [6.45, 7) is 0.557. The van der Waals surface area contributed by atoms with Gasteiger partial charge in [-0.2, -0.15) is 0 Å². The second-order valence-corrected chi connectivity index (χ2v) is 7.72. The fourth-order valence-electron chi connectivity index (χ4n) is 3.71. The van der Waals surface area contributed by atoms with Crippen LogP contribution in [-0.2, 0) is 16.0 Å². The predicted molar refractivity (Wildman–Crippen MR) is 127 cm³/mol. The lowest BCUT2D eigenvalue weighted by atomic mass is 10.1. The fraction of sp³-hybridized carbons (Fsp3) is 0.160. The van der Waals surface area contributed by atoms with E-state index in [1.165, 1.54) is 0 Å². The third-order valence-electron chi connectivity index (χ3n) is 5.25. The molecule has 1 aliphatic heterocycles. The summed E-state index contributed by atoms with van der Waals surface area (Å²) in [4.78, 5) is 29.5. The number of carbonyl (C=O) groups is 2. The Morgan fingerprint density at radius 2 is 1.45 bits per heavy atom. The van der Waals surface area contributed by atoms with Gasteiger partial charge in [-0.05, 0) is 48.5 Å². The number of para-hydroxylation sites is 2. The van der Waals surface area contributed by atoms with E-state index in [1.807, 2.05) is 95.9 Å². The van der Waals surface area contributed by atoms with Gasteiger partial charge in [0.2, 0.25) is 5.91 Å². The molecule has 6 heteroatoms. The smallest absolute Gasteiger partial charge is 0.256 e. The predicted octanol–water partition coefficient (Wildman–Crippen LogP) is 4.26. The molecule has 1 aliphatic rings. The number of carbonyl (C=O) groups excluding carboxylic acids is 2. The highest BCUT2D eigenvalue weighted by Crippen LogP contribution is 2.27. The van der Waals surface area contributed by atoms with Crippen molar-refractivity contribution in [2.75, 3.05) is 16.8 Å². The second kappa shape index (κ2) is 9.53. The van der Waals surface area contributed by atoms with E-state index in [2.05, 4.69) is 5.32 Å². The highest BCUT2D eigenvalue weighted by Gasteiger charge is 2.43. The quantitative estimate of drug-likeness (QED) is 0.570. The highest BCUT2D eigenvalue weighted by atomic mass is 32.1. The van der Waals surface area contributed by atoms with Crippen LogP contribution in [0.4, 0.5) is 11.4 Å². The molecular weight excluding hydrogens is 406 g/mol. The summed E-state index contributed by atoms with van der Waals surface area (Å²) in [5, 5.41) is 3.31. The lowest BCUT2D eigenvalue weighted by molar-refractivity contribution is -0.124. The average molecular weight is 430 g/mol. The Balaban J connectivity index is 1.55. The highest BCUT2D eigenvalue weighted by molar-refractivity contribution is 7.80. The van der Waals surface area contributed by atoms with E-state index in [1.54, 1.807) is 4.90 Å². The molecule has 3 aromatic rings. The van der Waals surface area contributed by atoms with Crippen LogP contribution in [0.5, 0.6) is 0 Å². The summed E-state index contributed by atoms with van der Waals surface area (Å²) in [6, 6.07) is 28.0. The summed E-state index contributed by atoms with van der Waals surface area (Å²) >= 11 is 5.70. The zero-order chi connectivity index (χ0) is 21.6. The summed E-state index contributed by atoms with van der Waals surface area (Å²) in [6.07, 6.45) is 0.764. The van der Waals surface area contributed by atoms with E-state index in [0.29, 0.717) is 23.0 Å². The molecule has 0 saturated carbocycles. The number of anilines is 2. The Morgan fingerprint density at radius 3 is 2.10 bits per heavy atom. The van der Waals surface area contributed by atoms with Crippen molar-refractivity contribution in [1.29, 1.82) is 0 Å². The van der Waals surface area contributed by atoms with E-state index < -0.39 is 6.04 Å². The van der Waals surface area contributed by atoms with Crippen molar-refractivity contribution < 1.29 is 9.59 Å². The minimum absolute atomic E-state index is 0.0337. The number of hydrogen-bond acceptors (Lipinski definition) is 3. The van der Waals surface area contributed by atoms with E-state index in [9.17, 15) is 9.59 Å². The first kappa shape index (κ1) is 20.8. The maximum absolute atomic E-state index is 13.3. The third kappa shape index (κ3) is 4.81. The molecule has 1 N–H and O–H groups in total. The van der Waals surface area contributed by atoms with Gasteiger partial charge in [-0.15, -0.1) is 0 Å². The molecule has 5 nitrogen and oxygen atoms in total. The van der Waals surface area contributed by atoms with E-state index >= 15 is 0 Å². The molecule has 156 valence electrons. The van der Waals surface area contributed by atoms with Crippen molar-refractivity contribution >= 4 is 40.5 Å². The number of thiocarbonyl (C=S) groups is 1. The molecule has 1 heterocycles. The second-order valence-electron chi connectivity index (χ2n) is 7.35. The van der Waals surface area contributed by atoms with Gasteiger partial charge in [0.1, 0.15) is 6.04 Å². The van der Waals surface area contributed by atoms with Gasteiger partial charge in [0.15, 0.2) is 5.11 Å². The van der Waals surface area contributed by atoms with Gasteiger partial charge in [-0.3, -0.25) is 14.5 Å². The van der Waals surface area contributed by atoms with Gasteiger partial charge in [-0.25, -0.2) is 0 Å². The van der Waals surface area contributed by atoms with Crippen LogP contribution < -0.4 is 10.2 Å². The van der Waals surface area contributed by atoms with Crippen LogP contribution in [-0.4, -0.2) is 34.4 Å². The topological polar surface area (TPSA) is 52.7 Å². The van der Waals surface area contributed by atoms with Crippen molar-refractivity contribution in [3.05, 3.63) is 96.6 Å². The Bertz CT molecular complexity index is 1060. The Morgan fingerprint density at radius 1 is 0.871 bits per heavy atom. The van der Waals surface area contributed by atoms with E-state index in [-0.39, 0.29) is 18.2 Å². The van der Waals surface area contributed by atoms with Crippen LogP contribution in [0.3, 0.4) is 0 Å². The van der Waals surface area contributed by atoms with Gasteiger partial charge in [0.05, 0.1) is 12.1 Å². The van der Waals surface area contributed by atoms with Crippen LogP contribution in [0.25, 0.3) is 0 Å². The minimum Gasteiger partial charge on any atom is -0.336 e. The molecule has 1 atom stereocenters. The molecule has 0 aromatic heterocycles. The SMILES string of the molecule is O=C(C[C@@H]1C(=O)N(c2ccccc2)C(=S)N1CCc1ccccc1)Nc1ccccc1.